The van der Waals surface area contributed by atoms with Crippen LogP contribution in [0.4, 0.5) is 5.95 Å². The molecular formula is C18H23N5O4. The van der Waals surface area contributed by atoms with Gasteiger partial charge >= 0.3 is 5.69 Å². The maximum Gasteiger partial charge on any atom is 0.332 e. The van der Waals surface area contributed by atoms with Crippen LogP contribution in [-0.4, -0.2) is 43.6 Å². The summed E-state index contributed by atoms with van der Waals surface area (Å²) < 4.78 is 9.27. The highest BCUT2D eigenvalue weighted by atomic mass is 16.5. The van der Waals surface area contributed by atoms with Crippen LogP contribution in [-0.2, 0) is 20.6 Å². The topological polar surface area (TPSA) is 103 Å². The Labute approximate surface area is 155 Å². The van der Waals surface area contributed by atoms with E-state index in [0.29, 0.717) is 22.9 Å². The summed E-state index contributed by atoms with van der Waals surface area (Å²) >= 11 is 0. The molecule has 2 aromatic heterocycles. The number of aliphatic hydroxyl groups excluding tert-OH is 1. The summed E-state index contributed by atoms with van der Waals surface area (Å²) in [5.74, 6) is 1.12. The number of aryl methyl sites for hydroxylation is 2. The summed E-state index contributed by atoms with van der Waals surface area (Å²) in [5, 5.41) is 12.4. The molecule has 0 aliphatic heterocycles. The van der Waals surface area contributed by atoms with Crippen LogP contribution in [0.5, 0.6) is 5.75 Å². The molecule has 3 rings (SSSR count). The van der Waals surface area contributed by atoms with E-state index >= 15 is 0 Å². The number of hydrogen-bond acceptors (Lipinski definition) is 6. The Balaban J connectivity index is 2.09. The lowest BCUT2D eigenvalue weighted by Crippen LogP contribution is -2.39. The van der Waals surface area contributed by atoms with Gasteiger partial charge in [0.15, 0.2) is 11.2 Å². The van der Waals surface area contributed by atoms with Gasteiger partial charge in [0.1, 0.15) is 5.75 Å². The summed E-state index contributed by atoms with van der Waals surface area (Å²) in [4.78, 5) is 30.0. The third kappa shape index (κ3) is 3.45. The molecule has 0 bridgehead atoms. The zero-order valence-corrected chi connectivity index (χ0v) is 15.8. The number of aliphatic hydroxyl groups is 1. The van der Waals surface area contributed by atoms with E-state index in [-0.39, 0.29) is 13.1 Å². The lowest BCUT2D eigenvalue weighted by Gasteiger charge is -2.09. The van der Waals surface area contributed by atoms with Crippen LogP contribution < -0.4 is 21.3 Å². The van der Waals surface area contributed by atoms with Gasteiger partial charge in [-0.25, -0.2) is 4.79 Å². The highest BCUT2D eigenvalue weighted by Gasteiger charge is 2.18. The number of nitrogens with zero attached hydrogens (tertiary/aromatic N) is 4. The molecule has 0 fully saturated rings. The lowest BCUT2D eigenvalue weighted by molar-refractivity contribution is 0.208. The molecule has 0 saturated carbocycles. The Hall–Kier alpha value is -3.07. The molecule has 0 saturated heterocycles. The van der Waals surface area contributed by atoms with E-state index in [1.807, 2.05) is 12.1 Å². The molecule has 3 aromatic rings. The van der Waals surface area contributed by atoms with E-state index in [0.717, 1.165) is 5.56 Å². The van der Waals surface area contributed by atoms with E-state index < -0.39 is 17.4 Å². The van der Waals surface area contributed by atoms with Crippen LogP contribution in [0.1, 0.15) is 12.5 Å². The number of methoxy groups -OCH3 is 1. The molecule has 1 aromatic carbocycles. The van der Waals surface area contributed by atoms with Gasteiger partial charge in [0, 0.05) is 20.6 Å². The van der Waals surface area contributed by atoms with Crippen molar-refractivity contribution in [3.8, 4) is 5.75 Å². The fourth-order valence-electron chi connectivity index (χ4n) is 2.89. The normalized spacial score (nSPS) is 12.3. The second-order valence-electron chi connectivity index (χ2n) is 6.48. The van der Waals surface area contributed by atoms with Crippen LogP contribution in [0, 0.1) is 0 Å². The SMILES string of the molecule is COc1ccc(Cn2c(=O)c3c(nc(NC[C@H](C)O)n3C)n(C)c2=O)cc1. The number of fused-ring (bicyclic) bond motifs is 1. The fourth-order valence-corrected chi connectivity index (χ4v) is 2.89. The fraction of sp³-hybridized carbons (Fsp3) is 0.389. The molecule has 0 amide bonds. The summed E-state index contributed by atoms with van der Waals surface area (Å²) in [5.41, 5.74) is 0.571. The molecule has 9 nitrogen and oxygen atoms in total. The molecule has 9 heteroatoms. The summed E-state index contributed by atoms with van der Waals surface area (Å²) in [7, 11) is 4.86. The minimum absolute atomic E-state index is 0.146. The molecule has 0 spiro atoms. The third-order valence-corrected chi connectivity index (χ3v) is 4.42. The van der Waals surface area contributed by atoms with Crippen LogP contribution in [0.2, 0.25) is 0 Å². The van der Waals surface area contributed by atoms with Crippen molar-refractivity contribution in [2.75, 3.05) is 19.0 Å². The molecule has 2 heterocycles. The number of nitrogens with one attached hydrogen (secondary N) is 1. The second-order valence-corrected chi connectivity index (χ2v) is 6.48. The van der Waals surface area contributed by atoms with Gasteiger partial charge in [-0.3, -0.25) is 13.9 Å². The van der Waals surface area contributed by atoms with Crippen molar-refractivity contribution in [3.63, 3.8) is 0 Å². The second kappa shape index (κ2) is 7.28. The van der Waals surface area contributed by atoms with Crippen LogP contribution in [0.25, 0.3) is 11.2 Å². The van der Waals surface area contributed by atoms with Crippen molar-refractivity contribution >= 4 is 17.1 Å². The number of imidazole rings is 1. The van der Waals surface area contributed by atoms with Crippen LogP contribution in [0.3, 0.4) is 0 Å². The summed E-state index contributed by atoms with van der Waals surface area (Å²) in [6.45, 7) is 2.07. The van der Waals surface area contributed by atoms with Crippen molar-refractivity contribution in [2.24, 2.45) is 14.1 Å². The minimum Gasteiger partial charge on any atom is -0.497 e. The highest BCUT2D eigenvalue weighted by Crippen LogP contribution is 2.14. The molecule has 0 unspecified atom stereocenters. The van der Waals surface area contributed by atoms with Gasteiger partial charge in [0.05, 0.1) is 19.8 Å². The number of anilines is 1. The van der Waals surface area contributed by atoms with Crippen molar-refractivity contribution in [1.29, 1.82) is 0 Å². The maximum atomic E-state index is 13.0. The largest absolute Gasteiger partial charge is 0.497 e. The van der Waals surface area contributed by atoms with Gasteiger partial charge in [-0.2, -0.15) is 4.98 Å². The number of aromatic nitrogens is 4. The smallest absolute Gasteiger partial charge is 0.332 e. The molecule has 1 atom stereocenters. The van der Waals surface area contributed by atoms with Crippen molar-refractivity contribution in [2.45, 2.75) is 19.6 Å². The predicted octanol–water partition coefficient (Wildman–Crippen LogP) is 0.283. The van der Waals surface area contributed by atoms with Gasteiger partial charge in [-0.15, -0.1) is 0 Å². The standard InChI is InChI=1S/C18H23N5O4/c1-11(24)9-19-17-20-15-14(21(17)2)16(25)23(18(26)22(15)3)10-12-5-7-13(27-4)8-6-12/h5-8,11,24H,9-10H2,1-4H3,(H,19,20)/t11-/m0/s1. The lowest BCUT2D eigenvalue weighted by atomic mass is 10.2. The molecule has 2 N–H and O–H groups in total. The third-order valence-electron chi connectivity index (χ3n) is 4.42. The maximum absolute atomic E-state index is 13.0. The van der Waals surface area contributed by atoms with Gasteiger partial charge in [0.2, 0.25) is 5.95 Å². The quantitative estimate of drug-likeness (QED) is 0.643. The average molecular weight is 373 g/mol. The number of rotatable bonds is 6. The molecule has 144 valence electrons. The highest BCUT2D eigenvalue weighted by molar-refractivity contribution is 5.74. The number of benzene rings is 1. The first-order valence-corrected chi connectivity index (χ1v) is 8.54. The van der Waals surface area contributed by atoms with Crippen molar-refractivity contribution in [1.82, 2.24) is 18.7 Å². The first kappa shape index (κ1) is 18.7. The van der Waals surface area contributed by atoms with Crippen molar-refractivity contribution in [3.05, 3.63) is 50.7 Å². The minimum atomic E-state index is -0.569. The van der Waals surface area contributed by atoms with Crippen molar-refractivity contribution < 1.29 is 9.84 Å². The first-order chi connectivity index (χ1) is 12.8. The Kier molecular flexibility index (Phi) is 5.04. The zero-order valence-electron chi connectivity index (χ0n) is 15.8. The van der Waals surface area contributed by atoms with Gasteiger partial charge in [-0.05, 0) is 24.6 Å². The van der Waals surface area contributed by atoms with E-state index in [1.54, 1.807) is 44.8 Å². The van der Waals surface area contributed by atoms with Gasteiger partial charge in [0.25, 0.3) is 5.56 Å². The van der Waals surface area contributed by atoms with E-state index in [1.165, 1.54) is 9.13 Å². The van der Waals surface area contributed by atoms with Crippen LogP contribution in [0.15, 0.2) is 33.9 Å². The Morgan fingerprint density at radius 2 is 1.85 bits per heavy atom. The zero-order chi connectivity index (χ0) is 19.7. The van der Waals surface area contributed by atoms with Crippen LogP contribution >= 0.6 is 0 Å². The molecule has 27 heavy (non-hydrogen) atoms. The average Bonchev–Trinajstić information content (AvgIpc) is 2.99. The van der Waals surface area contributed by atoms with Gasteiger partial charge in [-0.1, -0.05) is 12.1 Å². The predicted molar refractivity (Wildman–Crippen MR) is 102 cm³/mol. The van der Waals surface area contributed by atoms with E-state index in [2.05, 4.69) is 10.3 Å². The number of ether oxygens (including phenoxy) is 1. The number of hydrogen-bond donors (Lipinski definition) is 2. The Morgan fingerprint density at radius 1 is 1.19 bits per heavy atom. The molecule has 0 aliphatic carbocycles. The first-order valence-electron chi connectivity index (χ1n) is 8.54. The Bertz CT molecular complexity index is 1080. The van der Waals surface area contributed by atoms with E-state index in [4.69, 9.17) is 4.74 Å². The molecule has 0 aliphatic rings. The Morgan fingerprint density at radius 3 is 2.44 bits per heavy atom. The molecule has 0 radical (unpaired) electrons. The summed E-state index contributed by atoms with van der Waals surface area (Å²) in [6, 6.07) is 7.19. The summed E-state index contributed by atoms with van der Waals surface area (Å²) in [6.07, 6.45) is -0.569. The monoisotopic (exact) mass is 373 g/mol. The molecular weight excluding hydrogens is 350 g/mol. The van der Waals surface area contributed by atoms with E-state index in [9.17, 15) is 14.7 Å². The van der Waals surface area contributed by atoms with Gasteiger partial charge < -0.3 is 19.7 Å².